The van der Waals surface area contributed by atoms with E-state index < -0.39 is 0 Å². The molecule has 0 bridgehead atoms. The molecule has 2 atom stereocenters. The zero-order valence-corrected chi connectivity index (χ0v) is 27.1. The summed E-state index contributed by atoms with van der Waals surface area (Å²) in [6.07, 6.45) is 9.08. The molecule has 4 nitrogen and oxygen atoms in total. The van der Waals surface area contributed by atoms with Crippen LogP contribution in [-0.2, 0) is 4.79 Å². The molecule has 0 spiro atoms. The molecule has 1 aromatic rings. The minimum absolute atomic E-state index is 0.0323. The second-order valence-corrected chi connectivity index (χ2v) is 11.9. The number of amides is 1. The van der Waals surface area contributed by atoms with Crippen LogP contribution in [0.2, 0.25) is 0 Å². The topological polar surface area (TPSA) is 35.9 Å². The Morgan fingerprint density at radius 1 is 1.15 bits per heavy atom. The summed E-state index contributed by atoms with van der Waals surface area (Å²) < 4.78 is 0. The van der Waals surface area contributed by atoms with Crippen LogP contribution >= 0.6 is 0 Å². The van der Waals surface area contributed by atoms with Crippen LogP contribution in [0.1, 0.15) is 105 Å². The molecule has 0 aromatic heterocycles. The number of aryl methyl sites for hydroxylation is 1. The van der Waals surface area contributed by atoms with E-state index in [1.54, 1.807) is 0 Å². The van der Waals surface area contributed by atoms with Crippen molar-refractivity contribution in [1.82, 2.24) is 9.80 Å². The van der Waals surface area contributed by atoms with Crippen LogP contribution in [0.5, 0.6) is 0 Å². The highest BCUT2D eigenvalue weighted by Crippen LogP contribution is 2.35. The summed E-state index contributed by atoms with van der Waals surface area (Å²) in [6.45, 7) is 27.3. The fourth-order valence-corrected chi connectivity index (χ4v) is 6.17. The van der Waals surface area contributed by atoms with Crippen molar-refractivity contribution in [2.75, 3.05) is 26.2 Å². The molecular formula is C36H57N3O. The smallest absolute Gasteiger partial charge is 0.225 e. The van der Waals surface area contributed by atoms with Crippen LogP contribution in [0.15, 0.2) is 58.8 Å². The molecule has 1 aliphatic rings. The number of benzene rings is 1. The number of hydrogen-bond acceptors (Lipinski definition) is 3. The molecule has 1 aliphatic heterocycles. The number of unbranched alkanes of at least 4 members (excludes halogenated alkanes) is 1. The average Bonchev–Trinajstić information content (AvgIpc) is 2.93. The molecule has 4 heteroatoms. The van der Waals surface area contributed by atoms with E-state index >= 15 is 0 Å². The minimum Gasteiger partial charge on any atom is -0.368 e. The highest BCUT2D eigenvalue weighted by atomic mass is 16.2. The zero-order chi connectivity index (χ0) is 29.8. The van der Waals surface area contributed by atoms with Crippen LogP contribution < -0.4 is 0 Å². The third kappa shape index (κ3) is 8.94. The van der Waals surface area contributed by atoms with E-state index in [0.29, 0.717) is 5.92 Å². The molecule has 1 aromatic carbocycles. The lowest BCUT2D eigenvalue weighted by molar-refractivity contribution is -0.136. The van der Waals surface area contributed by atoms with Crippen molar-refractivity contribution in [3.8, 4) is 0 Å². The fraction of sp³-hybridized carbons (Fsp3) is 0.611. The molecule has 0 radical (unpaired) electrons. The molecule has 1 fully saturated rings. The van der Waals surface area contributed by atoms with E-state index in [-0.39, 0.29) is 17.9 Å². The molecule has 1 saturated heterocycles. The molecule has 1 amide bonds. The first-order valence-corrected chi connectivity index (χ1v) is 15.8. The predicted octanol–water partition coefficient (Wildman–Crippen LogP) is 8.87. The van der Waals surface area contributed by atoms with Crippen LogP contribution in [0.25, 0.3) is 5.57 Å². The van der Waals surface area contributed by atoms with Crippen molar-refractivity contribution in [2.24, 2.45) is 16.8 Å². The van der Waals surface area contributed by atoms with E-state index in [9.17, 15) is 4.79 Å². The van der Waals surface area contributed by atoms with Gasteiger partial charge in [-0.1, -0.05) is 89.4 Å². The lowest BCUT2D eigenvalue weighted by Gasteiger charge is -2.43. The zero-order valence-electron chi connectivity index (χ0n) is 27.1. The molecule has 0 N–H and O–H groups in total. The van der Waals surface area contributed by atoms with E-state index in [0.717, 1.165) is 43.9 Å². The van der Waals surface area contributed by atoms with Crippen LogP contribution in [0, 0.1) is 18.8 Å². The Morgan fingerprint density at radius 3 is 2.42 bits per heavy atom. The Balaban J connectivity index is 2.62. The number of nitrogens with zero attached hydrogens (tertiary/aromatic N) is 3. The Hall–Kier alpha value is -2.62. The third-order valence-corrected chi connectivity index (χ3v) is 8.25. The Labute approximate surface area is 246 Å². The van der Waals surface area contributed by atoms with Crippen molar-refractivity contribution >= 4 is 17.2 Å². The maximum atomic E-state index is 12.8. The van der Waals surface area contributed by atoms with E-state index in [2.05, 4.69) is 95.2 Å². The molecule has 1 heterocycles. The van der Waals surface area contributed by atoms with Crippen molar-refractivity contribution in [3.63, 3.8) is 0 Å². The Kier molecular flexibility index (Phi) is 13.9. The summed E-state index contributed by atoms with van der Waals surface area (Å²) in [5, 5.41) is 0. The summed E-state index contributed by atoms with van der Waals surface area (Å²) in [5.74, 6) is 0.797. The number of carbonyl (C=O) groups is 1. The van der Waals surface area contributed by atoms with Crippen LogP contribution in [-0.4, -0.2) is 53.6 Å². The summed E-state index contributed by atoms with van der Waals surface area (Å²) in [7, 11) is 0. The highest BCUT2D eigenvalue weighted by Gasteiger charge is 2.31. The van der Waals surface area contributed by atoms with Crippen molar-refractivity contribution in [2.45, 2.75) is 107 Å². The molecule has 1 unspecified atom stereocenters. The van der Waals surface area contributed by atoms with Crippen molar-refractivity contribution < 1.29 is 4.79 Å². The van der Waals surface area contributed by atoms with Gasteiger partial charge in [0.2, 0.25) is 5.91 Å². The number of piperazine rings is 1. The standard InChI is InChI=1S/C36H57N3O/c1-11-15-19-31(17-12-2)33(13-3)35(30(10)39-22-21-38(25-29(39)9)36(40)26(5)6)34(37-14-4)24-28(8)32-20-16-18-27(7)23-32/h13,16,18,20,23,26,29,31H,8,11-12,14-15,17,19,21-22,24-25H2,1-7,9-10H3/b33-13-,35-30+,37-34?/t29-,31?/m0/s1. The van der Waals surface area contributed by atoms with Gasteiger partial charge in [0, 0.05) is 61.5 Å². The second-order valence-electron chi connectivity index (χ2n) is 11.9. The van der Waals surface area contributed by atoms with Gasteiger partial charge >= 0.3 is 0 Å². The average molecular weight is 548 g/mol. The molecular weight excluding hydrogens is 490 g/mol. The summed E-state index contributed by atoms with van der Waals surface area (Å²) in [6, 6.07) is 8.90. The van der Waals surface area contributed by atoms with Crippen molar-refractivity contribution in [1.29, 1.82) is 0 Å². The molecule has 2 rings (SSSR count). The van der Waals surface area contributed by atoms with Crippen LogP contribution in [0.4, 0.5) is 0 Å². The molecule has 0 saturated carbocycles. The van der Waals surface area contributed by atoms with Gasteiger partial charge in [-0.15, -0.1) is 0 Å². The predicted molar refractivity (Wildman–Crippen MR) is 175 cm³/mol. The lowest BCUT2D eigenvalue weighted by Crippen LogP contribution is -2.54. The monoisotopic (exact) mass is 547 g/mol. The number of aliphatic imine (C=N–C) groups is 1. The maximum absolute atomic E-state index is 12.8. The Bertz CT molecular complexity index is 1080. The van der Waals surface area contributed by atoms with Gasteiger partial charge in [-0.25, -0.2) is 0 Å². The third-order valence-electron chi connectivity index (χ3n) is 8.25. The Morgan fingerprint density at radius 2 is 1.88 bits per heavy atom. The van der Waals surface area contributed by atoms with Gasteiger partial charge in [-0.2, -0.15) is 0 Å². The van der Waals surface area contributed by atoms with Crippen molar-refractivity contribution in [3.05, 3.63) is 64.9 Å². The highest BCUT2D eigenvalue weighted by molar-refractivity contribution is 6.09. The van der Waals surface area contributed by atoms with Crippen LogP contribution in [0.3, 0.4) is 0 Å². The van der Waals surface area contributed by atoms with E-state index in [1.165, 1.54) is 60.1 Å². The quantitative estimate of drug-likeness (QED) is 0.172. The van der Waals surface area contributed by atoms with Gasteiger partial charge in [-0.3, -0.25) is 9.79 Å². The first kappa shape index (κ1) is 33.6. The lowest BCUT2D eigenvalue weighted by atomic mass is 9.80. The number of hydrogen-bond donors (Lipinski definition) is 0. The summed E-state index contributed by atoms with van der Waals surface area (Å²) in [4.78, 5) is 22.6. The normalized spacial score (nSPS) is 18.2. The minimum atomic E-state index is 0.0323. The summed E-state index contributed by atoms with van der Waals surface area (Å²) in [5.41, 5.74) is 8.72. The molecule has 40 heavy (non-hydrogen) atoms. The van der Waals surface area contributed by atoms with Gasteiger partial charge in [0.25, 0.3) is 0 Å². The largest absolute Gasteiger partial charge is 0.368 e. The van der Waals surface area contributed by atoms with Gasteiger partial charge < -0.3 is 9.80 Å². The van der Waals surface area contributed by atoms with E-state index in [4.69, 9.17) is 4.99 Å². The van der Waals surface area contributed by atoms with Gasteiger partial charge in [0.05, 0.1) is 0 Å². The van der Waals surface area contributed by atoms with Gasteiger partial charge in [0.15, 0.2) is 0 Å². The first-order valence-electron chi connectivity index (χ1n) is 15.8. The summed E-state index contributed by atoms with van der Waals surface area (Å²) >= 11 is 0. The number of rotatable bonds is 14. The van der Waals surface area contributed by atoms with E-state index in [1.807, 2.05) is 13.8 Å². The molecule has 222 valence electrons. The first-order chi connectivity index (χ1) is 19.1. The number of carbonyl (C=O) groups excluding carboxylic acids is 1. The molecule has 0 aliphatic carbocycles. The second kappa shape index (κ2) is 16.6. The van der Waals surface area contributed by atoms with Gasteiger partial charge in [0.1, 0.15) is 0 Å². The van der Waals surface area contributed by atoms with Gasteiger partial charge in [-0.05, 0) is 70.1 Å². The fourth-order valence-electron chi connectivity index (χ4n) is 6.17. The maximum Gasteiger partial charge on any atom is 0.225 e. The number of allylic oxidation sites excluding steroid dienone is 5. The SMILES string of the molecule is C=C(CC(=NCC)C(/C(=C\C)C(CCC)CCCC)=C(\C)N1CCN(C(=O)C(C)C)C[C@@H]1C)c1cccc(C)c1.